The van der Waals surface area contributed by atoms with Crippen molar-refractivity contribution in [2.45, 2.75) is 89.4 Å². The van der Waals surface area contributed by atoms with Crippen LogP contribution in [0.1, 0.15) is 83.1 Å². The van der Waals surface area contributed by atoms with Crippen molar-refractivity contribution in [2.75, 3.05) is 9.80 Å². The van der Waals surface area contributed by atoms with Crippen LogP contribution >= 0.6 is 0 Å². The van der Waals surface area contributed by atoms with Gasteiger partial charge in [0.1, 0.15) is 0 Å². The zero-order chi connectivity index (χ0) is 47.1. The number of hydrogen-bond acceptors (Lipinski definition) is 2. The quantitative estimate of drug-likeness (QED) is 0.106. The summed E-state index contributed by atoms with van der Waals surface area (Å²) in [7, 11) is 0. The minimum absolute atomic E-state index is 0.142. The lowest BCUT2D eigenvalue weighted by atomic mass is 9.72. The number of alkyl halides is 6. The number of halogens is 6. The Morgan fingerprint density at radius 1 is 0.379 bits per heavy atom. The maximum atomic E-state index is 16.3. The molecule has 0 N–H and O–H groups in total. The lowest BCUT2D eigenvalue weighted by molar-refractivity contribution is -0.288. The predicted octanol–water partition coefficient (Wildman–Crippen LogP) is 18.1. The molecule has 0 fully saturated rings. The number of benzene rings is 8. The second-order valence-electron chi connectivity index (χ2n) is 18.5. The van der Waals surface area contributed by atoms with Crippen molar-refractivity contribution in [2.24, 2.45) is 0 Å². The average molecular weight is 893 g/mol. The van der Waals surface area contributed by atoms with E-state index in [1.807, 2.05) is 133 Å². The van der Waals surface area contributed by atoms with Gasteiger partial charge in [-0.15, -0.1) is 0 Å². The molecule has 8 heteroatoms. The van der Waals surface area contributed by atoms with Gasteiger partial charge in [-0.25, -0.2) is 0 Å². The van der Waals surface area contributed by atoms with Crippen LogP contribution in [0.15, 0.2) is 182 Å². The summed E-state index contributed by atoms with van der Waals surface area (Å²) < 4.78 is 97.7. The maximum Gasteiger partial charge on any atom is 0.411 e. The number of fused-ring (bicyclic) bond motifs is 2. The normalized spacial score (nSPS) is 12.7. The van der Waals surface area contributed by atoms with Gasteiger partial charge in [-0.2, -0.15) is 26.3 Å². The molecule has 2 nitrogen and oxygen atoms in total. The first-order valence-corrected chi connectivity index (χ1v) is 22.5. The minimum atomic E-state index is -5.84. The summed E-state index contributed by atoms with van der Waals surface area (Å²) in [5.41, 5.74) is -1.85. The summed E-state index contributed by atoms with van der Waals surface area (Å²) in [5, 5.41) is 3.30. The zero-order valence-corrected chi connectivity index (χ0v) is 38.1. The topological polar surface area (TPSA) is 6.48 Å². The van der Waals surface area contributed by atoms with Crippen LogP contribution in [0.4, 0.5) is 60.5 Å². The molecule has 0 amide bonds. The van der Waals surface area contributed by atoms with E-state index < -0.39 is 28.9 Å². The van der Waals surface area contributed by atoms with E-state index in [1.165, 1.54) is 12.1 Å². The van der Waals surface area contributed by atoms with Crippen LogP contribution in [0.25, 0.3) is 21.5 Å². The van der Waals surface area contributed by atoms with Crippen LogP contribution in [0.3, 0.4) is 0 Å². The smallest absolute Gasteiger partial charge is 0.310 e. The highest BCUT2D eigenvalue weighted by atomic mass is 19.4. The van der Waals surface area contributed by atoms with Crippen LogP contribution < -0.4 is 9.80 Å². The molecular weight excluding hydrogens is 839 g/mol. The Hall–Kier alpha value is -6.54. The summed E-state index contributed by atoms with van der Waals surface area (Å²) in [6, 6.07) is 51.6. The van der Waals surface area contributed by atoms with Gasteiger partial charge in [0, 0.05) is 33.5 Å². The minimum Gasteiger partial charge on any atom is -0.310 e. The van der Waals surface area contributed by atoms with E-state index in [2.05, 4.69) is 41.5 Å². The lowest BCUT2D eigenvalue weighted by Gasteiger charge is -2.39. The van der Waals surface area contributed by atoms with Crippen LogP contribution in [0.5, 0.6) is 0 Å². The molecule has 338 valence electrons. The second-order valence-corrected chi connectivity index (χ2v) is 18.5. The molecule has 8 rings (SSSR count). The Balaban J connectivity index is 1.35. The largest absolute Gasteiger partial charge is 0.411 e. The van der Waals surface area contributed by atoms with Crippen molar-refractivity contribution in [1.82, 2.24) is 0 Å². The molecular formula is C58H54F6N2. The molecule has 0 bridgehead atoms. The molecule has 8 aromatic rings. The van der Waals surface area contributed by atoms with Crippen molar-refractivity contribution in [3.05, 3.63) is 204 Å². The number of nitrogens with zero attached hydrogens (tertiary/aromatic N) is 2. The van der Waals surface area contributed by atoms with Crippen molar-refractivity contribution < 1.29 is 26.3 Å². The summed E-state index contributed by atoms with van der Waals surface area (Å²) >= 11 is 0. The molecule has 0 saturated carbocycles. The molecule has 66 heavy (non-hydrogen) atoms. The zero-order valence-electron chi connectivity index (χ0n) is 38.1. The molecule has 0 saturated heterocycles. The average Bonchev–Trinajstić information content (AvgIpc) is 3.29. The first kappa shape index (κ1) is 46.0. The number of hydrogen-bond donors (Lipinski definition) is 0. The van der Waals surface area contributed by atoms with Gasteiger partial charge in [0.2, 0.25) is 5.41 Å². The predicted molar refractivity (Wildman–Crippen MR) is 261 cm³/mol. The van der Waals surface area contributed by atoms with Gasteiger partial charge in [-0.1, -0.05) is 169 Å². The van der Waals surface area contributed by atoms with E-state index in [9.17, 15) is 0 Å². The molecule has 0 heterocycles. The maximum absolute atomic E-state index is 16.3. The fraction of sp³-hybridized carbons (Fsp3) is 0.241. The van der Waals surface area contributed by atoms with E-state index in [4.69, 9.17) is 0 Å². The van der Waals surface area contributed by atoms with Gasteiger partial charge in [0.05, 0.1) is 11.4 Å². The second kappa shape index (κ2) is 17.7. The monoisotopic (exact) mass is 892 g/mol. The molecule has 8 aromatic carbocycles. The van der Waals surface area contributed by atoms with Crippen LogP contribution in [0.2, 0.25) is 0 Å². The Bertz CT molecular complexity index is 2940. The third kappa shape index (κ3) is 8.31. The van der Waals surface area contributed by atoms with Gasteiger partial charge in [-0.05, 0) is 117 Å². The fourth-order valence-corrected chi connectivity index (χ4v) is 9.50. The van der Waals surface area contributed by atoms with Crippen LogP contribution in [-0.2, 0) is 16.2 Å². The molecule has 0 unspecified atom stereocenters. The van der Waals surface area contributed by atoms with Crippen molar-refractivity contribution in [3.8, 4) is 0 Å². The number of anilines is 6. The summed E-state index contributed by atoms with van der Waals surface area (Å²) in [6.07, 6.45) is -8.90. The highest BCUT2D eigenvalue weighted by Gasteiger charge is 2.72. The van der Waals surface area contributed by atoms with Gasteiger partial charge >= 0.3 is 12.4 Å². The highest BCUT2D eigenvalue weighted by molar-refractivity contribution is 6.00. The van der Waals surface area contributed by atoms with Crippen molar-refractivity contribution in [3.63, 3.8) is 0 Å². The third-order valence-electron chi connectivity index (χ3n) is 13.5. The van der Waals surface area contributed by atoms with Crippen LogP contribution in [-0.4, -0.2) is 12.4 Å². The lowest BCUT2D eigenvalue weighted by Crippen LogP contribution is -2.54. The summed E-state index contributed by atoms with van der Waals surface area (Å²) in [5.74, 6) is 0. The molecule has 0 aromatic heterocycles. The molecule has 0 spiro atoms. The van der Waals surface area contributed by atoms with E-state index in [0.29, 0.717) is 22.7 Å². The number of rotatable bonds is 13. The molecule has 0 aliphatic carbocycles. The first-order valence-electron chi connectivity index (χ1n) is 22.5. The first-order chi connectivity index (χ1) is 31.4. The summed E-state index contributed by atoms with van der Waals surface area (Å²) in [6.45, 7) is 12.8. The molecule has 0 radical (unpaired) electrons. The Labute approximate surface area is 384 Å². The van der Waals surface area contributed by atoms with Crippen molar-refractivity contribution in [1.29, 1.82) is 0 Å². The fourth-order valence-electron chi connectivity index (χ4n) is 9.50. The Kier molecular flexibility index (Phi) is 12.3. The van der Waals surface area contributed by atoms with Gasteiger partial charge < -0.3 is 9.80 Å². The summed E-state index contributed by atoms with van der Waals surface area (Å²) in [4.78, 5) is 3.50. The Morgan fingerprint density at radius 2 is 0.758 bits per heavy atom. The van der Waals surface area contributed by atoms with Crippen molar-refractivity contribution >= 4 is 55.7 Å². The standard InChI is InChI=1S/C58H54F6N2/c1-7-37-55(5,6)43-31-35-47(36-32-43)66(53-28-14-20-41-18-10-12-26-51(41)53)49-24-16-22-45(39-49)56(57(59,60)61,58(62,63)64)44-21-15-23-48(38-44)65(46-33-29-42(30-34-46)54(3,4)8-2)52-27-13-19-40-17-9-11-25-50(40)52/h9-36,38-39H,7-8,37H2,1-6H3. The van der Waals surface area contributed by atoms with E-state index in [1.54, 1.807) is 21.9 Å². The molecule has 0 aliphatic heterocycles. The molecule has 0 aliphatic rings. The van der Waals surface area contributed by atoms with Gasteiger partial charge in [-0.3, -0.25) is 0 Å². The van der Waals surface area contributed by atoms with Gasteiger partial charge in [0.15, 0.2) is 0 Å². The Morgan fingerprint density at radius 3 is 1.15 bits per heavy atom. The molecule has 0 atom stereocenters. The SMILES string of the molecule is CCCC(C)(C)c1ccc(N(c2cccc(C(c3cccc(N(c4ccc(C(C)(C)CC)cc4)c4cccc5ccccc45)c3)(C(F)(F)F)C(F)(F)F)c2)c2cccc3ccccc23)cc1. The van der Waals surface area contributed by atoms with E-state index in [-0.39, 0.29) is 22.2 Å². The van der Waals surface area contributed by atoms with Gasteiger partial charge in [0.25, 0.3) is 0 Å². The van der Waals surface area contributed by atoms with E-state index >= 15 is 26.3 Å². The van der Waals surface area contributed by atoms with E-state index in [0.717, 1.165) is 76.2 Å². The highest BCUT2D eigenvalue weighted by Crippen LogP contribution is 2.58. The third-order valence-corrected chi connectivity index (χ3v) is 13.5. The van der Waals surface area contributed by atoms with Crippen LogP contribution in [0, 0.1) is 0 Å².